The third-order valence-electron chi connectivity index (χ3n) is 3.71. The lowest BCUT2D eigenvalue weighted by Crippen LogP contribution is -2.04. The Morgan fingerprint density at radius 2 is 2.11 bits per heavy atom. The van der Waals surface area contributed by atoms with Crippen LogP contribution in [0.4, 0.5) is 19.1 Å². The first-order valence-electron chi connectivity index (χ1n) is 7.89. The van der Waals surface area contributed by atoms with Gasteiger partial charge in [-0.3, -0.25) is 4.79 Å². The minimum atomic E-state index is -2.92. The second-order valence-corrected chi connectivity index (χ2v) is 5.95. The van der Waals surface area contributed by atoms with E-state index in [9.17, 15) is 18.0 Å². The van der Waals surface area contributed by atoms with E-state index in [2.05, 4.69) is 15.1 Å². The van der Waals surface area contributed by atoms with E-state index in [4.69, 9.17) is 22.1 Å². The van der Waals surface area contributed by atoms with Crippen molar-refractivity contribution in [1.82, 2.24) is 19.7 Å². The highest BCUT2D eigenvalue weighted by atomic mass is 35.5. The van der Waals surface area contributed by atoms with Crippen molar-refractivity contribution in [3.63, 3.8) is 0 Å². The summed E-state index contributed by atoms with van der Waals surface area (Å²) in [5.74, 6) is -0.677. The first-order chi connectivity index (χ1) is 13.4. The summed E-state index contributed by atoms with van der Waals surface area (Å²) in [4.78, 5) is 18.2. The zero-order valence-corrected chi connectivity index (χ0v) is 14.9. The Kier molecular flexibility index (Phi) is 5.78. The number of nitrogens with zero attached hydrogens (tertiary/aromatic N) is 4. The lowest BCUT2D eigenvalue weighted by Gasteiger charge is -2.11. The van der Waals surface area contributed by atoms with Crippen molar-refractivity contribution in [2.75, 3.05) is 12.3 Å². The number of nitrogens with two attached hydrogens (primary N) is 1. The van der Waals surface area contributed by atoms with Crippen LogP contribution in [0, 0.1) is 5.82 Å². The quantitative estimate of drug-likeness (QED) is 0.473. The van der Waals surface area contributed by atoms with Gasteiger partial charge in [0.15, 0.2) is 6.29 Å². The van der Waals surface area contributed by atoms with Crippen LogP contribution >= 0.6 is 11.6 Å². The maximum atomic E-state index is 14.4. The normalized spacial score (nSPS) is 11.0. The van der Waals surface area contributed by atoms with Gasteiger partial charge < -0.3 is 10.5 Å². The van der Waals surface area contributed by atoms with Crippen LogP contribution in [0.15, 0.2) is 30.5 Å². The number of ether oxygens (including phenoxy) is 1. The Balaban J connectivity index is 2.09. The van der Waals surface area contributed by atoms with Gasteiger partial charge in [0, 0.05) is 29.8 Å². The Labute approximate surface area is 161 Å². The number of nitrogen functional groups attached to an aromatic ring is 1. The molecule has 0 fully saturated rings. The van der Waals surface area contributed by atoms with E-state index in [1.807, 2.05) is 0 Å². The third kappa shape index (κ3) is 4.22. The summed E-state index contributed by atoms with van der Waals surface area (Å²) >= 11 is 5.86. The second kappa shape index (κ2) is 8.26. The zero-order valence-electron chi connectivity index (χ0n) is 14.2. The van der Waals surface area contributed by atoms with Gasteiger partial charge in [-0.15, -0.1) is 0 Å². The average Bonchev–Trinajstić information content (AvgIpc) is 3.06. The average molecular weight is 412 g/mol. The molecule has 3 rings (SSSR count). The molecule has 1 aromatic carbocycles. The van der Waals surface area contributed by atoms with E-state index >= 15 is 0 Å². The Bertz CT molecular complexity index is 992. The van der Waals surface area contributed by atoms with Gasteiger partial charge in [0.25, 0.3) is 0 Å². The van der Waals surface area contributed by atoms with Gasteiger partial charge in [-0.05, 0) is 12.1 Å². The number of carbonyl (C=O) groups is 1. The third-order valence-corrected chi connectivity index (χ3v) is 3.91. The van der Waals surface area contributed by atoms with Gasteiger partial charge in [-0.25, -0.2) is 19.0 Å². The largest absolute Gasteiger partial charge is 0.486 e. The molecule has 2 N–H and O–H groups in total. The van der Waals surface area contributed by atoms with Crippen LogP contribution in [0.5, 0.6) is 5.75 Å². The molecular formula is C17H13ClF3N5O2. The van der Waals surface area contributed by atoms with Gasteiger partial charge in [-0.1, -0.05) is 17.7 Å². The van der Waals surface area contributed by atoms with Crippen molar-refractivity contribution in [2.45, 2.75) is 13.0 Å². The van der Waals surface area contributed by atoms with Crippen molar-refractivity contribution >= 4 is 23.8 Å². The number of carbonyl (C=O) groups excluding carboxylic acids is 1. The van der Waals surface area contributed by atoms with E-state index in [-0.39, 0.29) is 52.4 Å². The summed E-state index contributed by atoms with van der Waals surface area (Å²) in [6, 6.07) is 5.39. The van der Waals surface area contributed by atoms with E-state index in [1.165, 1.54) is 24.3 Å². The highest BCUT2D eigenvalue weighted by molar-refractivity contribution is 6.29. The predicted molar refractivity (Wildman–Crippen MR) is 94.7 cm³/mol. The zero-order chi connectivity index (χ0) is 20.3. The van der Waals surface area contributed by atoms with Crippen molar-refractivity contribution < 1.29 is 22.7 Å². The highest BCUT2D eigenvalue weighted by Crippen LogP contribution is 2.30. The number of anilines is 1. The SMILES string of the molecule is Nc1nc(Cl)cc(-c2nn(C(F)F)cc2Cc2c(F)cccc2OCC=O)n1. The molecule has 0 bridgehead atoms. The summed E-state index contributed by atoms with van der Waals surface area (Å²) in [5.41, 5.74) is 6.03. The number of halogens is 4. The molecule has 2 heterocycles. The maximum Gasteiger partial charge on any atom is 0.333 e. The molecule has 0 spiro atoms. The fraction of sp³-hybridized carbons (Fsp3) is 0.176. The van der Waals surface area contributed by atoms with Crippen LogP contribution in [0.1, 0.15) is 17.7 Å². The molecule has 0 atom stereocenters. The van der Waals surface area contributed by atoms with Crippen molar-refractivity contribution in [2.24, 2.45) is 0 Å². The first kappa shape index (κ1) is 19.6. The molecule has 0 aliphatic heterocycles. The standard InChI is InChI=1S/C17H13ClF3N5O2/c18-14-7-12(23-17(22)24-14)15-9(8-26(25-15)16(20)21)6-10-11(19)2-1-3-13(10)28-5-4-27/h1-4,7-8,16H,5-6H2,(H2,22,23,24). The predicted octanol–water partition coefficient (Wildman–Crippen LogP) is 3.28. The summed E-state index contributed by atoms with van der Waals surface area (Å²) in [7, 11) is 0. The van der Waals surface area contributed by atoms with E-state index in [0.29, 0.717) is 11.0 Å². The number of aldehydes is 1. The maximum absolute atomic E-state index is 14.4. The van der Waals surface area contributed by atoms with Gasteiger partial charge >= 0.3 is 6.55 Å². The Morgan fingerprint density at radius 1 is 1.32 bits per heavy atom. The summed E-state index contributed by atoms with van der Waals surface area (Å²) in [6.45, 7) is -3.20. The molecule has 28 heavy (non-hydrogen) atoms. The van der Waals surface area contributed by atoms with Crippen molar-refractivity contribution in [1.29, 1.82) is 0 Å². The van der Waals surface area contributed by atoms with Gasteiger partial charge in [0.05, 0.1) is 5.69 Å². The van der Waals surface area contributed by atoms with Gasteiger partial charge in [-0.2, -0.15) is 13.9 Å². The van der Waals surface area contributed by atoms with Gasteiger partial charge in [0.1, 0.15) is 29.0 Å². The molecule has 0 saturated heterocycles. The molecule has 0 radical (unpaired) electrons. The van der Waals surface area contributed by atoms with E-state index in [1.54, 1.807) is 0 Å². The lowest BCUT2D eigenvalue weighted by molar-refractivity contribution is -0.109. The summed E-state index contributed by atoms with van der Waals surface area (Å²) in [6.07, 6.45) is 1.44. The van der Waals surface area contributed by atoms with Crippen LogP contribution in [-0.2, 0) is 11.2 Å². The minimum absolute atomic E-state index is 0.000874. The first-order valence-corrected chi connectivity index (χ1v) is 8.27. The number of hydrogen-bond acceptors (Lipinski definition) is 6. The molecule has 11 heteroatoms. The summed E-state index contributed by atoms with van der Waals surface area (Å²) < 4.78 is 46.4. The molecule has 146 valence electrons. The molecule has 7 nitrogen and oxygen atoms in total. The van der Waals surface area contributed by atoms with Crippen LogP contribution in [-0.4, -0.2) is 32.6 Å². The van der Waals surface area contributed by atoms with Crippen LogP contribution in [0.3, 0.4) is 0 Å². The van der Waals surface area contributed by atoms with Gasteiger partial charge in [0.2, 0.25) is 5.95 Å². The van der Waals surface area contributed by atoms with E-state index in [0.717, 1.165) is 6.20 Å². The summed E-state index contributed by atoms with van der Waals surface area (Å²) in [5, 5.41) is 3.82. The molecule has 0 aliphatic rings. The molecule has 0 unspecified atom stereocenters. The van der Waals surface area contributed by atoms with Crippen LogP contribution < -0.4 is 10.5 Å². The molecule has 0 amide bonds. The monoisotopic (exact) mass is 411 g/mol. The number of benzene rings is 1. The molecule has 0 aliphatic carbocycles. The van der Waals surface area contributed by atoms with Crippen molar-refractivity contribution in [3.05, 3.63) is 52.6 Å². The molecule has 2 aromatic heterocycles. The number of aromatic nitrogens is 4. The molecule has 0 saturated carbocycles. The lowest BCUT2D eigenvalue weighted by atomic mass is 10.0. The smallest absolute Gasteiger partial charge is 0.333 e. The van der Waals surface area contributed by atoms with Crippen LogP contribution in [0.2, 0.25) is 5.15 Å². The van der Waals surface area contributed by atoms with E-state index < -0.39 is 12.4 Å². The topological polar surface area (TPSA) is 95.9 Å². The number of alkyl halides is 2. The Hall–Kier alpha value is -3.14. The number of rotatable bonds is 7. The number of hydrogen-bond donors (Lipinski definition) is 1. The highest BCUT2D eigenvalue weighted by Gasteiger charge is 2.21. The van der Waals surface area contributed by atoms with Crippen molar-refractivity contribution in [3.8, 4) is 17.1 Å². The molecular weight excluding hydrogens is 399 g/mol. The second-order valence-electron chi connectivity index (χ2n) is 5.57. The fourth-order valence-corrected chi connectivity index (χ4v) is 2.78. The Morgan fingerprint density at radius 3 is 2.79 bits per heavy atom. The molecule has 3 aromatic rings. The minimum Gasteiger partial charge on any atom is -0.486 e. The van der Waals surface area contributed by atoms with Crippen LogP contribution in [0.25, 0.3) is 11.4 Å². The fourth-order valence-electron chi connectivity index (χ4n) is 2.59.